The number of anilines is 3. The maximum atomic E-state index is 6.49. The molecule has 0 unspecified atom stereocenters. The van der Waals surface area contributed by atoms with Crippen LogP contribution in [0.4, 0.5) is 17.1 Å². The van der Waals surface area contributed by atoms with Gasteiger partial charge in [0.1, 0.15) is 22.3 Å². The van der Waals surface area contributed by atoms with Crippen LogP contribution < -0.4 is 4.90 Å². The molecule has 3 nitrogen and oxygen atoms in total. The minimum Gasteiger partial charge on any atom is -0.456 e. The van der Waals surface area contributed by atoms with E-state index in [1.807, 2.05) is 24.3 Å². The molecule has 11 rings (SSSR count). The zero-order chi connectivity index (χ0) is 36.3. The Balaban J connectivity index is 1.14. The smallest absolute Gasteiger partial charge is 0.137 e. The van der Waals surface area contributed by atoms with Crippen LogP contribution in [0.5, 0.6) is 0 Å². The fraction of sp³-hybridized carbons (Fsp3) is 0. The largest absolute Gasteiger partial charge is 0.456 e. The van der Waals surface area contributed by atoms with Crippen LogP contribution in [0.2, 0.25) is 0 Å². The van der Waals surface area contributed by atoms with Gasteiger partial charge in [0.15, 0.2) is 0 Å². The minimum atomic E-state index is 0.849. The van der Waals surface area contributed by atoms with E-state index in [9.17, 15) is 0 Å². The summed E-state index contributed by atoms with van der Waals surface area (Å²) in [6.45, 7) is 0. The van der Waals surface area contributed by atoms with Gasteiger partial charge in [-0.05, 0) is 99.3 Å². The van der Waals surface area contributed by atoms with Crippen LogP contribution in [-0.2, 0) is 0 Å². The fourth-order valence-electron chi connectivity index (χ4n) is 8.14. The van der Waals surface area contributed by atoms with Crippen molar-refractivity contribution < 1.29 is 8.83 Å². The van der Waals surface area contributed by atoms with Crippen molar-refractivity contribution in [1.29, 1.82) is 0 Å². The molecule has 0 aliphatic heterocycles. The first-order valence-electron chi connectivity index (χ1n) is 18.7. The third-order valence-electron chi connectivity index (χ3n) is 10.8. The van der Waals surface area contributed by atoms with Gasteiger partial charge in [0.2, 0.25) is 0 Å². The van der Waals surface area contributed by atoms with Crippen LogP contribution >= 0.6 is 0 Å². The van der Waals surface area contributed by atoms with Crippen molar-refractivity contribution in [1.82, 2.24) is 0 Å². The molecule has 0 atom stereocenters. The molecule has 0 saturated heterocycles. The molecule has 0 bridgehead atoms. The first kappa shape index (κ1) is 31.2. The molecular weight excluding hydrogens is 671 g/mol. The molecule has 258 valence electrons. The number of nitrogens with zero attached hydrogens (tertiary/aromatic N) is 1. The van der Waals surface area contributed by atoms with Gasteiger partial charge in [0, 0.05) is 44.5 Å². The molecule has 0 spiro atoms. The summed E-state index contributed by atoms with van der Waals surface area (Å²) in [4.78, 5) is 2.38. The van der Waals surface area contributed by atoms with Gasteiger partial charge < -0.3 is 13.7 Å². The maximum Gasteiger partial charge on any atom is 0.137 e. The van der Waals surface area contributed by atoms with Crippen molar-refractivity contribution in [2.24, 2.45) is 0 Å². The molecule has 3 heteroatoms. The van der Waals surface area contributed by atoms with Gasteiger partial charge in [0.05, 0.1) is 5.69 Å². The first-order chi connectivity index (χ1) is 27.2. The summed E-state index contributed by atoms with van der Waals surface area (Å²) < 4.78 is 12.8. The molecule has 11 aromatic rings. The molecule has 9 aromatic carbocycles. The Morgan fingerprint density at radius 2 is 0.836 bits per heavy atom. The molecule has 0 amide bonds. The van der Waals surface area contributed by atoms with Crippen LogP contribution in [0.1, 0.15) is 0 Å². The average molecular weight is 704 g/mol. The number of fused-ring (bicyclic) bond motifs is 7. The molecule has 2 heterocycles. The molecule has 0 radical (unpaired) electrons. The second-order valence-electron chi connectivity index (χ2n) is 14.1. The molecular formula is C52H33NO2. The third-order valence-corrected chi connectivity index (χ3v) is 10.8. The van der Waals surface area contributed by atoms with Gasteiger partial charge in [0.25, 0.3) is 0 Å². The second-order valence-corrected chi connectivity index (χ2v) is 14.1. The van der Waals surface area contributed by atoms with Gasteiger partial charge >= 0.3 is 0 Å². The van der Waals surface area contributed by atoms with E-state index in [0.717, 1.165) is 88.8 Å². The molecule has 0 aliphatic carbocycles. The van der Waals surface area contributed by atoms with Crippen molar-refractivity contribution in [3.8, 4) is 33.4 Å². The van der Waals surface area contributed by atoms with Gasteiger partial charge in [-0.25, -0.2) is 0 Å². The summed E-state index contributed by atoms with van der Waals surface area (Å²) in [5.41, 5.74) is 13.4. The van der Waals surface area contributed by atoms with E-state index >= 15 is 0 Å². The van der Waals surface area contributed by atoms with E-state index < -0.39 is 0 Å². The van der Waals surface area contributed by atoms with Crippen LogP contribution in [-0.4, -0.2) is 0 Å². The SMILES string of the molecule is c1ccc(-c2ccc(-c3ccc4ccccc4c3)cc2N(c2cccc(-c3ccc4c(c3)oc3ccccc34)c2)c2ccc3c(c2)oc2ccccc23)cc1. The number of rotatable bonds is 6. The number of hydrogen-bond donors (Lipinski definition) is 0. The summed E-state index contributed by atoms with van der Waals surface area (Å²) >= 11 is 0. The van der Waals surface area contributed by atoms with Crippen molar-refractivity contribution in [3.63, 3.8) is 0 Å². The molecule has 0 aliphatic rings. The highest BCUT2D eigenvalue weighted by molar-refractivity contribution is 6.07. The van der Waals surface area contributed by atoms with Gasteiger partial charge in [-0.2, -0.15) is 0 Å². The standard InChI is InChI=1S/C52H33NO2/c1-2-12-35(13-3-1)43-26-23-39(38-22-21-34-11-4-5-14-36(34)29-38)31-48(43)53(42-25-28-47-45-18-7-9-20-50(45)55-52(47)33-42)41-16-10-15-37(30-41)40-24-27-46-44-17-6-8-19-49(44)54-51(46)32-40/h1-33H. The highest BCUT2D eigenvalue weighted by Gasteiger charge is 2.21. The molecule has 0 fully saturated rings. The Morgan fingerprint density at radius 1 is 0.291 bits per heavy atom. The lowest BCUT2D eigenvalue weighted by Crippen LogP contribution is -2.11. The highest BCUT2D eigenvalue weighted by atomic mass is 16.3. The lowest BCUT2D eigenvalue weighted by Gasteiger charge is -2.29. The van der Waals surface area contributed by atoms with Gasteiger partial charge in [-0.1, -0.05) is 133 Å². The molecule has 0 N–H and O–H groups in total. The fourth-order valence-corrected chi connectivity index (χ4v) is 8.14. The van der Waals surface area contributed by atoms with Crippen molar-refractivity contribution in [2.75, 3.05) is 4.90 Å². The Kier molecular flexibility index (Phi) is 7.17. The van der Waals surface area contributed by atoms with E-state index in [4.69, 9.17) is 8.83 Å². The monoisotopic (exact) mass is 703 g/mol. The zero-order valence-corrected chi connectivity index (χ0v) is 29.8. The number of para-hydroxylation sites is 2. The van der Waals surface area contributed by atoms with E-state index in [1.54, 1.807) is 0 Å². The second kappa shape index (κ2) is 12.6. The Morgan fingerprint density at radius 3 is 1.64 bits per heavy atom. The quantitative estimate of drug-likeness (QED) is 0.173. The van der Waals surface area contributed by atoms with Crippen LogP contribution in [0.15, 0.2) is 209 Å². The molecule has 0 saturated carbocycles. The summed E-state index contributed by atoms with van der Waals surface area (Å²) in [6, 6.07) is 71.2. The van der Waals surface area contributed by atoms with Crippen LogP contribution in [0.3, 0.4) is 0 Å². The normalized spacial score (nSPS) is 11.6. The van der Waals surface area contributed by atoms with E-state index in [2.05, 4.69) is 181 Å². The van der Waals surface area contributed by atoms with Crippen molar-refractivity contribution in [3.05, 3.63) is 200 Å². The third kappa shape index (κ3) is 5.36. The molecule has 2 aromatic heterocycles. The molecule has 55 heavy (non-hydrogen) atoms. The minimum absolute atomic E-state index is 0.849. The topological polar surface area (TPSA) is 29.5 Å². The lowest BCUT2D eigenvalue weighted by molar-refractivity contribution is 0.668. The van der Waals surface area contributed by atoms with E-state index in [1.165, 1.54) is 16.3 Å². The Hall–Kier alpha value is -7.36. The summed E-state index contributed by atoms with van der Waals surface area (Å²) in [5, 5.41) is 6.90. The summed E-state index contributed by atoms with van der Waals surface area (Å²) in [7, 11) is 0. The predicted octanol–water partition coefficient (Wildman–Crippen LogP) is 15.1. The lowest BCUT2D eigenvalue weighted by atomic mass is 9.95. The number of benzene rings is 9. The number of hydrogen-bond acceptors (Lipinski definition) is 3. The first-order valence-corrected chi connectivity index (χ1v) is 18.7. The maximum absolute atomic E-state index is 6.49. The Bertz CT molecular complexity index is 3220. The summed E-state index contributed by atoms with van der Waals surface area (Å²) in [5.74, 6) is 0. The van der Waals surface area contributed by atoms with Crippen LogP contribution in [0, 0.1) is 0 Å². The van der Waals surface area contributed by atoms with E-state index in [0.29, 0.717) is 0 Å². The average Bonchev–Trinajstić information content (AvgIpc) is 3.82. The zero-order valence-electron chi connectivity index (χ0n) is 29.8. The predicted molar refractivity (Wildman–Crippen MR) is 229 cm³/mol. The number of furan rings is 2. The van der Waals surface area contributed by atoms with Crippen molar-refractivity contribution in [2.45, 2.75) is 0 Å². The van der Waals surface area contributed by atoms with E-state index in [-0.39, 0.29) is 0 Å². The van der Waals surface area contributed by atoms with Crippen molar-refractivity contribution >= 4 is 71.7 Å². The Labute approximate surface area is 317 Å². The van der Waals surface area contributed by atoms with Crippen LogP contribution in [0.25, 0.3) is 88.0 Å². The van der Waals surface area contributed by atoms with Gasteiger partial charge in [-0.15, -0.1) is 0 Å². The highest BCUT2D eigenvalue weighted by Crippen LogP contribution is 2.45. The van der Waals surface area contributed by atoms with Gasteiger partial charge in [-0.3, -0.25) is 0 Å². The summed E-state index contributed by atoms with van der Waals surface area (Å²) in [6.07, 6.45) is 0.